The molecule has 0 amide bonds. The van der Waals surface area contributed by atoms with Crippen molar-refractivity contribution in [2.45, 2.75) is 17.7 Å². The van der Waals surface area contributed by atoms with Gasteiger partial charge >= 0.3 is 0 Å². The summed E-state index contributed by atoms with van der Waals surface area (Å²) in [5.41, 5.74) is 0.330. The van der Waals surface area contributed by atoms with Gasteiger partial charge in [-0.25, -0.2) is 9.37 Å². The molecular formula is C13H13FN2O2S2. The van der Waals surface area contributed by atoms with Crippen LogP contribution in [0.4, 0.5) is 4.39 Å². The second-order valence-electron chi connectivity index (χ2n) is 3.89. The number of ether oxygens (including phenoxy) is 1. The fourth-order valence-corrected chi connectivity index (χ4v) is 3.08. The third-order valence-electron chi connectivity index (χ3n) is 2.57. The van der Waals surface area contributed by atoms with Crippen LogP contribution < -0.4 is 4.74 Å². The molecule has 0 aliphatic heterocycles. The van der Waals surface area contributed by atoms with E-state index < -0.39 is 5.82 Å². The summed E-state index contributed by atoms with van der Waals surface area (Å²) in [5, 5.41) is 0. The lowest BCUT2D eigenvalue weighted by atomic mass is 10.1. The van der Waals surface area contributed by atoms with E-state index in [0.29, 0.717) is 5.56 Å². The smallest absolute Gasteiger partial charge is 0.173 e. The fraction of sp³-hybridized carbons (Fsp3) is 0.308. The van der Waals surface area contributed by atoms with Crippen LogP contribution in [0, 0.1) is 5.82 Å². The first kappa shape index (κ1) is 14.9. The minimum Gasteiger partial charge on any atom is -0.494 e. The summed E-state index contributed by atoms with van der Waals surface area (Å²) in [4.78, 5) is 16.2. The molecule has 1 heterocycles. The fourth-order valence-electron chi connectivity index (χ4n) is 1.49. The second-order valence-corrected chi connectivity index (χ2v) is 5.87. The summed E-state index contributed by atoms with van der Waals surface area (Å²) in [6, 6.07) is 4.20. The van der Waals surface area contributed by atoms with E-state index in [1.807, 2.05) is 6.92 Å². The van der Waals surface area contributed by atoms with Crippen molar-refractivity contribution in [2.75, 3.05) is 12.9 Å². The molecule has 0 N–H and O–H groups in total. The van der Waals surface area contributed by atoms with Crippen LogP contribution in [-0.4, -0.2) is 28.0 Å². The lowest BCUT2D eigenvalue weighted by Crippen LogP contribution is -2.03. The molecule has 2 aromatic rings. The Morgan fingerprint density at radius 1 is 1.50 bits per heavy atom. The number of methoxy groups -OCH3 is 1. The average molecular weight is 312 g/mol. The van der Waals surface area contributed by atoms with Gasteiger partial charge in [-0.05, 0) is 29.7 Å². The summed E-state index contributed by atoms with van der Waals surface area (Å²) < 4.78 is 23.2. The predicted octanol–water partition coefficient (Wildman–Crippen LogP) is 3.22. The minimum atomic E-state index is -0.535. The molecule has 0 aliphatic carbocycles. The number of thioether (sulfide) groups is 1. The lowest BCUT2D eigenvalue weighted by Gasteiger charge is -2.04. The highest BCUT2D eigenvalue weighted by Gasteiger charge is 2.12. The second kappa shape index (κ2) is 6.81. The average Bonchev–Trinajstić information content (AvgIpc) is 2.92. The number of benzene rings is 1. The maximum Gasteiger partial charge on any atom is 0.173 e. The number of nitrogens with zero attached hydrogens (tertiary/aromatic N) is 2. The van der Waals surface area contributed by atoms with Gasteiger partial charge in [0.05, 0.1) is 12.9 Å². The van der Waals surface area contributed by atoms with Gasteiger partial charge in [0.2, 0.25) is 0 Å². The maximum atomic E-state index is 13.5. The molecular weight excluding hydrogens is 299 g/mol. The molecule has 0 saturated heterocycles. The van der Waals surface area contributed by atoms with Gasteiger partial charge in [-0.2, -0.15) is 4.37 Å². The van der Waals surface area contributed by atoms with Crippen molar-refractivity contribution in [1.29, 1.82) is 0 Å². The maximum absolute atomic E-state index is 13.5. The molecule has 1 aromatic heterocycles. The third-order valence-corrected chi connectivity index (χ3v) is 4.44. The third kappa shape index (κ3) is 3.55. The predicted molar refractivity (Wildman–Crippen MR) is 77.3 cm³/mol. The number of carbonyl (C=O) groups is 1. The Balaban J connectivity index is 1.99. The van der Waals surface area contributed by atoms with E-state index in [-0.39, 0.29) is 17.3 Å². The van der Waals surface area contributed by atoms with Gasteiger partial charge in [0.25, 0.3) is 0 Å². The molecule has 0 saturated carbocycles. The van der Waals surface area contributed by atoms with Crippen LogP contribution in [0.3, 0.4) is 0 Å². The van der Waals surface area contributed by atoms with Crippen molar-refractivity contribution in [1.82, 2.24) is 9.36 Å². The number of carbonyl (C=O) groups excluding carboxylic acids is 1. The van der Waals surface area contributed by atoms with E-state index in [1.54, 1.807) is 6.07 Å². The molecule has 0 fully saturated rings. The molecule has 0 atom stereocenters. The van der Waals surface area contributed by atoms with Crippen molar-refractivity contribution >= 4 is 29.1 Å². The van der Waals surface area contributed by atoms with Gasteiger partial charge < -0.3 is 4.74 Å². The summed E-state index contributed by atoms with van der Waals surface area (Å²) in [7, 11) is 1.39. The summed E-state index contributed by atoms with van der Waals surface area (Å²) >= 11 is 2.59. The zero-order valence-electron chi connectivity index (χ0n) is 11.1. The van der Waals surface area contributed by atoms with Gasteiger partial charge in [-0.1, -0.05) is 18.7 Å². The van der Waals surface area contributed by atoms with Crippen LogP contribution >= 0.6 is 23.3 Å². The molecule has 0 radical (unpaired) electrons. The topological polar surface area (TPSA) is 52.1 Å². The molecule has 0 spiro atoms. The van der Waals surface area contributed by atoms with Crippen molar-refractivity contribution in [3.05, 3.63) is 35.4 Å². The number of aryl methyl sites for hydroxylation is 1. The van der Waals surface area contributed by atoms with Crippen molar-refractivity contribution in [3.63, 3.8) is 0 Å². The molecule has 7 heteroatoms. The molecule has 4 nitrogen and oxygen atoms in total. The number of rotatable bonds is 6. The van der Waals surface area contributed by atoms with Crippen LogP contribution in [0.25, 0.3) is 0 Å². The van der Waals surface area contributed by atoms with Crippen LogP contribution in [0.2, 0.25) is 0 Å². The Bertz CT molecular complexity index is 616. The Kier molecular flexibility index (Phi) is 5.08. The Morgan fingerprint density at radius 3 is 2.90 bits per heavy atom. The van der Waals surface area contributed by atoms with Gasteiger partial charge in [0.1, 0.15) is 5.82 Å². The van der Waals surface area contributed by atoms with Crippen LogP contribution in [0.5, 0.6) is 5.75 Å². The molecule has 0 bridgehead atoms. The van der Waals surface area contributed by atoms with Gasteiger partial charge in [-0.15, -0.1) is 0 Å². The lowest BCUT2D eigenvalue weighted by molar-refractivity contribution is 0.102. The normalized spacial score (nSPS) is 10.6. The highest BCUT2D eigenvalue weighted by atomic mass is 32.2. The molecule has 0 aliphatic rings. The summed E-state index contributed by atoms with van der Waals surface area (Å²) in [6.45, 7) is 1.97. The first-order valence-electron chi connectivity index (χ1n) is 5.96. The standard InChI is InChI=1S/C13H13FN2O2S2/c1-3-12-15-13(20-16-12)19-7-10(17)8-4-5-11(18-2)9(14)6-8/h4-6H,3,7H2,1-2H3. The van der Waals surface area contributed by atoms with Crippen LogP contribution in [0.15, 0.2) is 22.5 Å². The van der Waals surface area contributed by atoms with Gasteiger partial charge in [-0.3, -0.25) is 4.79 Å². The zero-order valence-corrected chi connectivity index (χ0v) is 12.7. The molecule has 2 rings (SSSR count). The van der Waals surface area contributed by atoms with E-state index in [0.717, 1.165) is 16.6 Å². The van der Waals surface area contributed by atoms with Crippen molar-refractivity contribution in [3.8, 4) is 5.75 Å². The van der Waals surface area contributed by atoms with E-state index in [2.05, 4.69) is 9.36 Å². The van der Waals surface area contributed by atoms with Gasteiger partial charge in [0, 0.05) is 12.0 Å². The minimum absolute atomic E-state index is 0.130. The van der Waals surface area contributed by atoms with E-state index >= 15 is 0 Å². The highest BCUT2D eigenvalue weighted by molar-refractivity contribution is 8.01. The quantitative estimate of drug-likeness (QED) is 0.605. The molecule has 1 aromatic carbocycles. The Hall–Kier alpha value is -1.47. The van der Waals surface area contributed by atoms with Gasteiger partial charge in [0.15, 0.2) is 21.7 Å². The number of hydrogen-bond donors (Lipinski definition) is 0. The SMILES string of the molecule is CCc1nsc(SCC(=O)c2ccc(OC)c(F)c2)n1. The Morgan fingerprint density at radius 2 is 2.30 bits per heavy atom. The number of Topliss-reactive ketones (excluding diaryl/α,β-unsaturated/α-hetero) is 1. The first-order chi connectivity index (χ1) is 9.63. The summed E-state index contributed by atoms with van der Waals surface area (Å²) in [6.07, 6.45) is 0.773. The van der Waals surface area contributed by atoms with Crippen LogP contribution in [-0.2, 0) is 6.42 Å². The summed E-state index contributed by atoms with van der Waals surface area (Å²) in [5.74, 6) is 0.438. The number of hydrogen-bond acceptors (Lipinski definition) is 6. The monoisotopic (exact) mass is 312 g/mol. The molecule has 0 unspecified atom stereocenters. The van der Waals surface area contributed by atoms with E-state index in [4.69, 9.17) is 4.74 Å². The Labute approximate surface area is 124 Å². The molecule has 20 heavy (non-hydrogen) atoms. The first-order valence-corrected chi connectivity index (χ1v) is 7.72. The number of halogens is 1. The molecule has 106 valence electrons. The largest absolute Gasteiger partial charge is 0.494 e. The number of ketones is 1. The van der Waals surface area contributed by atoms with Crippen molar-refractivity contribution < 1.29 is 13.9 Å². The van der Waals surface area contributed by atoms with Crippen LogP contribution in [0.1, 0.15) is 23.1 Å². The number of aromatic nitrogens is 2. The van der Waals surface area contributed by atoms with E-state index in [9.17, 15) is 9.18 Å². The van der Waals surface area contributed by atoms with E-state index in [1.165, 1.54) is 42.5 Å². The zero-order chi connectivity index (χ0) is 14.5. The van der Waals surface area contributed by atoms with Crippen molar-refractivity contribution in [2.24, 2.45) is 0 Å². The highest BCUT2D eigenvalue weighted by Crippen LogP contribution is 2.23.